The molecular formula is C21H26N2O3S2. The van der Waals surface area contributed by atoms with Crippen LogP contribution in [-0.2, 0) is 10.0 Å². The number of piperidine rings is 1. The zero-order chi connectivity index (χ0) is 20.1. The van der Waals surface area contributed by atoms with Crippen LogP contribution in [0.15, 0.2) is 52.5 Å². The molecule has 0 N–H and O–H groups in total. The van der Waals surface area contributed by atoms with E-state index in [1.807, 2.05) is 24.3 Å². The Balaban J connectivity index is 1.60. The van der Waals surface area contributed by atoms with E-state index in [-0.39, 0.29) is 16.4 Å². The summed E-state index contributed by atoms with van der Waals surface area (Å²) in [6, 6.07) is 11.0. The molecule has 1 aliphatic heterocycles. The number of carbonyl (C=O) groups is 1. The number of Topliss-reactive ketones (excluding diaryl/α,β-unsaturated/α-hetero) is 1. The molecule has 150 valence electrons. The molecule has 1 aromatic heterocycles. The number of rotatable bonds is 7. The van der Waals surface area contributed by atoms with Crippen LogP contribution in [0.3, 0.4) is 0 Å². The number of nitrogens with zero attached hydrogens (tertiary/aromatic N) is 2. The fourth-order valence-electron chi connectivity index (χ4n) is 3.14. The van der Waals surface area contributed by atoms with Crippen LogP contribution in [0, 0.1) is 0 Å². The van der Waals surface area contributed by atoms with E-state index in [9.17, 15) is 13.2 Å². The van der Waals surface area contributed by atoms with Gasteiger partial charge < -0.3 is 0 Å². The number of carbonyl (C=O) groups excluding carboxylic acids is 1. The number of hydrogen-bond donors (Lipinski definition) is 0. The lowest BCUT2D eigenvalue weighted by molar-refractivity contribution is 0.102. The second kappa shape index (κ2) is 9.20. The van der Waals surface area contributed by atoms with Gasteiger partial charge in [-0.2, -0.15) is 4.31 Å². The normalized spacial score (nSPS) is 15.7. The van der Waals surface area contributed by atoms with Crippen molar-refractivity contribution < 1.29 is 13.2 Å². The summed E-state index contributed by atoms with van der Waals surface area (Å²) in [5.74, 6) is 0.737. The second-order valence-electron chi connectivity index (χ2n) is 7.29. The van der Waals surface area contributed by atoms with Crippen molar-refractivity contribution >= 4 is 27.6 Å². The van der Waals surface area contributed by atoms with Gasteiger partial charge >= 0.3 is 0 Å². The number of sulfonamides is 1. The standard InChI is InChI=1S/C21H26N2O3S2/c1-16(2)17-6-8-18(9-7-17)20(24)15-27-21-11-10-19(14-22-21)28(25,26)23-12-4-3-5-13-23/h6-11,14,16H,3-5,12-13,15H2,1-2H3. The topological polar surface area (TPSA) is 67.3 Å². The van der Waals surface area contributed by atoms with Gasteiger partial charge in [0.2, 0.25) is 10.0 Å². The Morgan fingerprint density at radius 3 is 2.32 bits per heavy atom. The molecule has 0 unspecified atom stereocenters. The number of hydrogen-bond acceptors (Lipinski definition) is 5. The predicted molar refractivity (Wildman–Crippen MR) is 112 cm³/mol. The molecule has 0 atom stereocenters. The maximum absolute atomic E-state index is 12.6. The van der Waals surface area contributed by atoms with E-state index in [0.29, 0.717) is 29.6 Å². The van der Waals surface area contributed by atoms with Gasteiger partial charge in [0.05, 0.1) is 10.8 Å². The van der Waals surface area contributed by atoms with E-state index in [4.69, 9.17) is 0 Å². The van der Waals surface area contributed by atoms with Crippen LogP contribution >= 0.6 is 11.8 Å². The van der Waals surface area contributed by atoms with Gasteiger partial charge in [-0.25, -0.2) is 13.4 Å². The highest BCUT2D eigenvalue weighted by Crippen LogP contribution is 2.23. The fraction of sp³-hybridized carbons (Fsp3) is 0.429. The van der Waals surface area contributed by atoms with E-state index in [1.165, 1.54) is 27.8 Å². The number of aromatic nitrogens is 1. The summed E-state index contributed by atoms with van der Waals surface area (Å²) >= 11 is 1.32. The summed E-state index contributed by atoms with van der Waals surface area (Å²) in [6.45, 7) is 5.38. The van der Waals surface area contributed by atoms with Crippen LogP contribution < -0.4 is 0 Å². The summed E-state index contributed by atoms with van der Waals surface area (Å²) < 4.78 is 26.8. The van der Waals surface area contributed by atoms with Crippen LogP contribution in [0.25, 0.3) is 0 Å². The molecule has 0 amide bonds. The lowest BCUT2D eigenvalue weighted by Crippen LogP contribution is -2.35. The van der Waals surface area contributed by atoms with Gasteiger partial charge in [0.1, 0.15) is 4.90 Å². The quantitative estimate of drug-likeness (QED) is 0.494. The van der Waals surface area contributed by atoms with Crippen LogP contribution in [0.4, 0.5) is 0 Å². The lowest BCUT2D eigenvalue weighted by Gasteiger charge is -2.25. The van der Waals surface area contributed by atoms with Crippen molar-refractivity contribution in [2.24, 2.45) is 0 Å². The molecule has 1 saturated heterocycles. The SMILES string of the molecule is CC(C)c1ccc(C(=O)CSc2ccc(S(=O)(=O)N3CCCCC3)cn2)cc1. The molecule has 2 heterocycles. The maximum atomic E-state index is 12.6. The summed E-state index contributed by atoms with van der Waals surface area (Å²) in [4.78, 5) is 16.8. The molecule has 0 radical (unpaired) electrons. The first-order valence-electron chi connectivity index (χ1n) is 9.60. The zero-order valence-corrected chi connectivity index (χ0v) is 17.9. The van der Waals surface area contributed by atoms with Gasteiger partial charge in [0.25, 0.3) is 0 Å². The van der Waals surface area contributed by atoms with E-state index in [0.717, 1.165) is 19.3 Å². The monoisotopic (exact) mass is 418 g/mol. The average Bonchev–Trinajstić information content (AvgIpc) is 2.73. The van der Waals surface area contributed by atoms with E-state index in [2.05, 4.69) is 18.8 Å². The molecular weight excluding hydrogens is 392 g/mol. The Morgan fingerprint density at radius 1 is 1.07 bits per heavy atom. The Morgan fingerprint density at radius 2 is 1.75 bits per heavy atom. The number of benzene rings is 1. The molecule has 0 saturated carbocycles. The zero-order valence-electron chi connectivity index (χ0n) is 16.3. The minimum Gasteiger partial charge on any atom is -0.293 e. The van der Waals surface area contributed by atoms with Crippen LogP contribution in [-0.4, -0.2) is 42.3 Å². The number of thioether (sulfide) groups is 1. The smallest absolute Gasteiger partial charge is 0.244 e. The largest absolute Gasteiger partial charge is 0.293 e. The van der Waals surface area contributed by atoms with Crippen molar-refractivity contribution in [3.8, 4) is 0 Å². The summed E-state index contributed by atoms with van der Waals surface area (Å²) in [5.41, 5.74) is 1.89. The van der Waals surface area contributed by atoms with Crippen LogP contribution in [0.1, 0.15) is 54.9 Å². The first kappa shape index (κ1) is 21.0. The molecule has 5 nitrogen and oxygen atoms in total. The predicted octanol–water partition coefficient (Wildman–Crippen LogP) is 4.35. The second-order valence-corrected chi connectivity index (χ2v) is 10.2. The van der Waals surface area contributed by atoms with E-state index >= 15 is 0 Å². The van der Waals surface area contributed by atoms with E-state index in [1.54, 1.807) is 12.1 Å². The summed E-state index contributed by atoms with van der Waals surface area (Å²) in [7, 11) is -3.47. The minimum atomic E-state index is -3.47. The molecule has 1 fully saturated rings. The Bertz CT molecular complexity index is 902. The van der Waals surface area contributed by atoms with Crippen LogP contribution in [0.5, 0.6) is 0 Å². The number of ketones is 1. The van der Waals surface area contributed by atoms with Crippen molar-refractivity contribution in [2.45, 2.75) is 48.9 Å². The van der Waals surface area contributed by atoms with Gasteiger partial charge in [-0.05, 0) is 36.5 Å². The average molecular weight is 419 g/mol. The highest BCUT2D eigenvalue weighted by molar-refractivity contribution is 7.99. The third kappa shape index (κ3) is 5.01. The third-order valence-electron chi connectivity index (χ3n) is 4.91. The summed E-state index contributed by atoms with van der Waals surface area (Å²) in [5, 5.41) is 0.643. The highest BCUT2D eigenvalue weighted by atomic mass is 32.2. The molecule has 0 bridgehead atoms. The minimum absolute atomic E-state index is 0.0344. The van der Waals surface area contributed by atoms with Crippen molar-refractivity contribution in [1.82, 2.24) is 9.29 Å². The Hall–Kier alpha value is -1.70. The first-order valence-corrected chi connectivity index (χ1v) is 12.0. The Kier molecular flexibility index (Phi) is 6.91. The molecule has 1 aromatic carbocycles. The van der Waals surface area contributed by atoms with Gasteiger partial charge in [0, 0.05) is 24.8 Å². The third-order valence-corrected chi connectivity index (χ3v) is 7.74. The van der Waals surface area contributed by atoms with Crippen molar-refractivity contribution in [1.29, 1.82) is 0 Å². The molecule has 0 aliphatic carbocycles. The van der Waals surface area contributed by atoms with Crippen LogP contribution in [0.2, 0.25) is 0 Å². The van der Waals surface area contributed by atoms with E-state index < -0.39 is 10.0 Å². The summed E-state index contributed by atoms with van der Waals surface area (Å²) in [6.07, 6.45) is 4.28. The molecule has 0 spiro atoms. The van der Waals surface area contributed by atoms with Gasteiger partial charge in [-0.1, -0.05) is 56.3 Å². The Labute approximate surface area is 171 Å². The number of pyridine rings is 1. The molecule has 28 heavy (non-hydrogen) atoms. The lowest BCUT2D eigenvalue weighted by atomic mass is 10.0. The van der Waals surface area contributed by atoms with Gasteiger partial charge in [-0.15, -0.1) is 0 Å². The maximum Gasteiger partial charge on any atom is 0.244 e. The molecule has 7 heteroatoms. The highest BCUT2D eigenvalue weighted by Gasteiger charge is 2.26. The van der Waals surface area contributed by atoms with Crippen molar-refractivity contribution in [2.75, 3.05) is 18.8 Å². The van der Waals surface area contributed by atoms with Crippen molar-refractivity contribution in [3.63, 3.8) is 0 Å². The fourth-order valence-corrected chi connectivity index (χ4v) is 5.34. The molecule has 1 aliphatic rings. The van der Waals surface area contributed by atoms with Crippen molar-refractivity contribution in [3.05, 3.63) is 53.7 Å². The first-order chi connectivity index (χ1) is 13.4. The molecule has 2 aromatic rings. The molecule has 3 rings (SSSR count). The van der Waals surface area contributed by atoms with Gasteiger partial charge in [0.15, 0.2) is 5.78 Å². The van der Waals surface area contributed by atoms with Gasteiger partial charge in [-0.3, -0.25) is 4.79 Å².